The lowest BCUT2D eigenvalue weighted by Crippen LogP contribution is -2.38. The van der Waals surface area contributed by atoms with E-state index < -0.39 is 0 Å². The highest BCUT2D eigenvalue weighted by molar-refractivity contribution is 6.31. The van der Waals surface area contributed by atoms with Crippen LogP contribution >= 0.6 is 11.6 Å². The summed E-state index contributed by atoms with van der Waals surface area (Å²) in [5.41, 5.74) is 3.42. The maximum absolute atomic E-state index is 12.1. The minimum Gasteiger partial charge on any atom is -0.383 e. The lowest BCUT2D eigenvalue weighted by molar-refractivity contribution is 0.0895. The Hall–Kier alpha value is -1.30. The molecule has 0 aromatic heterocycles. The number of carbonyl (C=O) groups is 1. The molecule has 0 saturated heterocycles. The van der Waals surface area contributed by atoms with Gasteiger partial charge in [-0.05, 0) is 24.6 Å². The molecule has 5 nitrogen and oxygen atoms in total. The van der Waals surface area contributed by atoms with Crippen molar-refractivity contribution in [1.82, 2.24) is 5.32 Å². The fourth-order valence-electron chi connectivity index (χ4n) is 1.56. The number of ether oxygens (including phenoxy) is 1. The van der Waals surface area contributed by atoms with Crippen molar-refractivity contribution < 1.29 is 9.53 Å². The highest BCUT2D eigenvalue weighted by Gasteiger charge is 2.15. The molecule has 0 spiro atoms. The highest BCUT2D eigenvalue weighted by atomic mass is 35.5. The minimum atomic E-state index is -0.227. The van der Waals surface area contributed by atoms with E-state index in [1.54, 1.807) is 25.3 Å². The molecule has 0 fully saturated rings. The van der Waals surface area contributed by atoms with Gasteiger partial charge in [-0.25, -0.2) is 0 Å². The SMILES string of the molecule is CCC(COC)NC(=O)c1cc(Cl)ccc1NN. The molecule has 0 aliphatic rings. The first-order chi connectivity index (χ1) is 8.62. The van der Waals surface area contributed by atoms with Crippen molar-refractivity contribution in [1.29, 1.82) is 0 Å². The molecule has 18 heavy (non-hydrogen) atoms. The van der Waals surface area contributed by atoms with Crippen LogP contribution in [0.15, 0.2) is 18.2 Å². The summed E-state index contributed by atoms with van der Waals surface area (Å²) in [4.78, 5) is 12.1. The van der Waals surface area contributed by atoms with E-state index in [2.05, 4.69) is 10.7 Å². The van der Waals surface area contributed by atoms with Crippen LogP contribution in [-0.2, 0) is 4.74 Å². The fourth-order valence-corrected chi connectivity index (χ4v) is 1.73. The van der Waals surface area contributed by atoms with E-state index >= 15 is 0 Å². The first kappa shape index (κ1) is 14.8. The molecule has 1 unspecified atom stereocenters. The zero-order valence-corrected chi connectivity index (χ0v) is 11.3. The van der Waals surface area contributed by atoms with Gasteiger partial charge >= 0.3 is 0 Å². The van der Waals surface area contributed by atoms with Gasteiger partial charge in [0.05, 0.1) is 23.9 Å². The van der Waals surface area contributed by atoms with Gasteiger partial charge in [0, 0.05) is 12.1 Å². The smallest absolute Gasteiger partial charge is 0.253 e. The Kier molecular flexibility index (Phi) is 5.91. The molecular formula is C12H18ClN3O2. The third-order valence-corrected chi connectivity index (χ3v) is 2.81. The van der Waals surface area contributed by atoms with E-state index in [1.807, 2.05) is 6.92 Å². The molecule has 0 aliphatic carbocycles. The number of carbonyl (C=O) groups excluding carboxylic acids is 1. The molecule has 4 N–H and O–H groups in total. The molecule has 0 bridgehead atoms. The van der Waals surface area contributed by atoms with Crippen molar-refractivity contribution >= 4 is 23.2 Å². The molecule has 100 valence electrons. The summed E-state index contributed by atoms with van der Waals surface area (Å²) < 4.78 is 5.03. The largest absolute Gasteiger partial charge is 0.383 e. The van der Waals surface area contributed by atoms with Gasteiger partial charge in [0.15, 0.2) is 0 Å². The second-order valence-corrected chi connectivity index (χ2v) is 4.30. The number of rotatable bonds is 6. The summed E-state index contributed by atoms with van der Waals surface area (Å²) in [6.07, 6.45) is 0.783. The van der Waals surface area contributed by atoms with Crippen LogP contribution in [0.3, 0.4) is 0 Å². The average Bonchev–Trinajstić information content (AvgIpc) is 2.38. The van der Waals surface area contributed by atoms with Crippen molar-refractivity contribution in [3.8, 4) is 0 Å². The van der Waals surface area contributed by atoms with Gasteiger partial charge in [0.2, 0.25) is 0 Å². The van der Waals surface area contributed by atoms with Crippen LogP contribution in [0.5, 0.6) is 0 Å². The standard InChI is InChI=1S/C12H18ClN3O2/c1-3-9(7-18-2)15-12(17)10-6-8(13)4-5-11(10)16-14/h4-6,9,16H,3,7,14H2,1-2H3,(H,15,17). The van der Waals surface area contributed by atoms with Crippen LogP contribution in [0, 0.1) is 0 Å². The van der Waals surface area contributed by atoms with Gasteiger partial charge in [0.25, 0.3) is 5.91 Å². The predicted molar refractivity (Wildman–Crippen MR) is 72.7 cm³/mol. The van der Waals surface area contributed by atoms with E-state index in [0.29, 0.717) is 22.9 Å². The number of amides is 1. The normalized spacial score (nSPS) is 12.0. The molecular weight excluding hydrogens is 254 g/mol. The number of nitrogens with two attached hydrogens (primary N) is 1. The third kappa shape index (κ3) is 3.87. The van der Waals surface area contributed by atoms with Crippen molar-refractivity contribution in [2.24, 2.45) is 5.84 Å². The van der Waals surface area contributed by atoms with Gasteiger partial charge in [-0.1, -0.05) is 18.5 Å². The Morgan fingerprint density at radius 3 is 2.83 bits per heavy atom. The summed E-state index contributed by atoms with van der Waals surface area (Å²) in [5.74, 6) is 5.14. The number of hydrogen-bond acceptors (Lipinski definition) is 4. The molecule has 1 amide bonds. The molecule has 0 saturated carbocycles. The maximum Gasteiger partial charge on any atom is 0.253 e. The van der Waals surface area contributed by atoms with Gasteiger partial charge < -0.3 is 15.5 Å². The summed E-state index contributed by atoms with van der Waals surface area (Å²) in [7, 11) is 1.60. The lowest BCUT2D eigenvalue weighted by atomic mass is 10.1. The number of halogens is 1. The van der Waals surface area contributed by atoms with Crippen molar-refractivity contribution in [3.05, 3.63) is 28.8 Å². The maximum atomic E-state index is 12.1. The Morgan fingerprint density at radius 2 is 2.28 bits per heavy atom. The third-order valence-electron chi connectivity index (χ3n) is 2.58. The van der Waals surface area contributed by atoms with Gasteiger partial charge in [-0.3, -0.25) is 10.6 Å². The first-order valence-electron chi connectivity index (χ1n) is 5.68. The number of nitrogen functional groups attached to an aromatic ring is 1. The quantitative estimate of drug-likeness (QED) is 0.544. The Morgan fingerprint density at radius 1 is 1.56 bits per heavy atom. The first-order valence-corrected chi connectivity index (χ1v) is 6.06. The second-order valence-electron chi connectivity index (χ2n) is 3.87. The molecule has 0 aliphatic heterocycles. The van der Waals surface area contributed by atoms with Crippen LogP contribution in [0.2, 0.25) is 5.02 Å². The summed E-state index contributed by atoms with van der Waals surface area (Å²) in [6.45, 7) is 2.44. The fraction of sp³-hybridized carbons (Fsp3) is 0.417. The molecule has 1 aromatic rings. The Balaban J connectivity index is 2.85. The molecule has 0 radical (unpaired) electrons. The van der Waals surface area contributed by atoms with Crippen molar-refractivity contribution in [2.75, 3.05) is 19.1 Å². The Bertz CT molecular complexity index is 412. The number of benzene rings is 1. The minimum absolute atomic E-state index is 0.0351. The molecule has 1 aromatic carbocycles. The van der Waals surface area contributed by atoms with Gasteiger partial charge in [0.1, 0.15) is 0 Å². The summed E-state index contributed by atoms with van der Waals surface area (Å²) in [6, 6.07) is 4.87. The van der Waals surface area contributed by atoms with E-state index in [9.17, 15) is 4.79 Å². The molecule has 1 atom stereocenters. The predicted octanol–water partition coefficient (Wildman–Crippen LogP) is 1.78. The lowest BCUT2D eigenvalue weighted by Gasteiger charge is -2.17. The van der Waals surface area contributed by atoms with Crippen LogP contribution in [-0.4, -0.2) is 25.7 Å². The summed E-state index contributed by atoms with van der Waals surface area (Å²) in [5, 5.41) is 3.35. The number of nitrogens with one attached hydrogen (secondary N) is 2. The van der Waals surface area contributed by atoms with Crippen LogP contribution < -0.4 is 16.6 Å². The number of hydrazine groups is 1. The highest BCUT2D eigenvalue weighted by Crippen LogP contribution is 2.20. The van der Waals surface area contributed by atoms with Gasteiger partial charge in [-0.15, -0.1) is 0 Å². The number of methoxy groups -OCH3 is 1. The number of hydrogen-bond donors (Lipinski definition) is 3. The second kappa shape index (κ2) is 7.20. The molecule has 6 heteroatoms. The van der Waals surface area contributed by atoms with Crippen LogP contribution in [0.4, 0.5) is 5.69 Å². The zero-order chi connectivity index (χ0) is 13.5. The van der Waals surface area contributed by atoms with E-state index in [4.69, 9.17) is 22.2 Å². The molecule has 0 heterocycles. The van der Waals surface area contributed by atoms with E-state index in [1.165, 1.54) is 0 Å². The van der Waals surface area contributed by atoms with Gasteiger partial charge in [-0.2, -0.15) is 0 Å². The Labute approximate surface area is 112 Å². The van der Waals surface area contributed by atoms with Crippen molar-refractivity contribution in [3.63, 3.8) is 0 Å². The van der Waals surface area contributed by atoms with Crippen LogP contribution in [0.1, 0.15) is 23.7 Å². The molecule has 1 rings (SSSR count). The zero-order valence-electron chi connectivity index (χ0n) is 10.5. The summed E-state index contributed by atoms with van der Waals surface area (Å²) >= 11 is 5.88. The topological polar surface area (TPSA) is 76.4 Å². The van der Waals surface area contributed by atoms with E-state index in [0.717, 1.165) is 6.42 Å². The van der Waals surface area contributed by atoms with Crippen molar-refractivity contribution in [2.45, 2.75) is 19.4 Å². The number of anilines is 1. The van der Waals surface area contributed by atoms with E-state index in [-0.39, 0.29) is 11.9 Å². The average molecular weight is 272 g/mol. The monoisotopic (exact) mass is 271 g/mol. The van der Waals surface area contributed by atoms with Crippen LogP contribution in [0.25, 0.3) is 0 Å².